The smallest absolute Gasteiger partial charge is 0.123 e. The number of aryl methyl sites for hydroxylation is 1. The molecule has 2 aromatic carbocycles. The Morgan fingerprint density at radius 3 is 2.58 bits per heavy atom. The van der Waals surface area contributed by atoms with Crippen LogP contribution in [0.5, 0.6) is 5.75 Å². The van der Waals surface area contributed by atoms with Crippen LogP contribution < -0.4 is 10.5 Å². The Labute approximate surface area is 115 Å². The van der Waals surface area contributed by atoms with Gasteiger partial charge in [0.15, 0.2) is 0 Å². The molecule has 2 heteroatoms. The van der Waals surface area contributed by atoms with E-state index in [9.17, 15) is 0 Å². The van der Waals surface area contributed by atoms with Crippen LogP contribution in [0, 0.1) is 0 Å². The molecule has 0 aliphatic rings. The molecule has 0 unspecified atom stereocenters. The van der Waals surface area contributed by atoms with Crippen molar-refractivity contribution < 1.29 is 4.74 Å². The zero-order valence-corrected chi connectivity index (χ0v) is 11.4. The molecule has 0 heterocycles. The van der Waals surface area contributed by atoms with E-state index in [0.29, 0.717) is 6.61 Å². The van der Waals surface area contributed by atoms with Crippen molar-refractivity contribution >= 4 is 5.69 Å². The molecule has 100 valence electrons. The lowest BCUT2D eigenvalue weighted by Gasteiger charge is -2.12. The second-order valence-corrected chi connectivity index (χ2v) is 4.74. The Morgan fingerprint density at radius 1 is 1.05 bits per heavy atom. The van der Waals surface area contributed by atoms with Crippen LogP contribution in [0.3, 0.4) is 0 Å². The van der Waals surface area contributed by atoms with Gasteiger partial charge in [-0.2, -0.15) is 0 Å². The standard InChI is InChI=1S/C17H21NO/c1-2-3-9-15-12-16(18)10-11-17(15)19-13-14-7-5-4-6-8-14/h4-8,10-12H,2-3,9,13,18H2,1H3. The minimum atomic E-state index is 0.601. The van der Waals surface area contributed by atoms with E-state index in [0.717, 1.165) is 24.3 Å². The minimum absolute atomic E-state index is 0.601. The fourth-order valence-corrected chi connectivity index (χ4v) is 2.04. The Bertz CT molecular complexity index is 508. The van der Waals surface area contributed by atoms with Crippen molar-refractivity contribution in [3.05, 3.63) is 59.7 Å². The van der Waals surface area contributed by atoms with E-state index < -0.39 is 0 Å². The third kappa shape index (κ3) is 4.02. The zero-order chi connectivity index (χ0) is 13.5. The van der Waals surface area contributed by atoms with Crippen LogP contribution in [0.25, 0.3) is 0 Å². The highest BCUT2D eigenvalue weighted by Crippen LogP contribution is 2.24. The molecule has 0 aliphatic carbocycles. The van der Waals surface area contributed by atoms with Crippen LogP contribution >= 0.6 is 0 Å². The van der Waals surface area contributed by atoms with E-state index in [1.165, 1.54) is 17.5 Å². The van der Waals surface area contributed by atoms with Crippen molar-refractivity contribution in [2.75, 3.05) is 5.73 Å². The summed E-state index contributed by atoms with van der Waals surface area (Å²) in [6, 6.07) is 16.1. The molecule has 0 aliphatic heterocycles. The van der Waals surface area contributed by atoms with Gasteiger partial charge in [-0.05, 0) is 42.2 Å². The molecule has 2 aromatic rings. The van der Waals surface area contributed by atoms with E-state index in [2.05, 4.69) is 19.1 Å². The highest BCUT2D eigenvalue weighted by molar-refractivity contribution is 5.48. The maximum absolute atomic E-state index is 5.92. The summed E-state index contributed by atoms with van der Waals surface area (Å²) in [4.78, 5) is 0. The highest BCUT2D eigenvalue weighted by atomic mass is 16.5. The maximum atomic E-state index is 5.92. The van der Waals surface area contributed by atoms with Crippen LogP contribution in [0.4, 0.5) is 5.69 Å². The number of unbranched alkanes of at least 4 members (excludes halogenated alkanes) is 1. The molecule has 0 atom stereocenters. The van der Waals surface area contributed by atoms with Crippen molar-refractivity contribution in [1.29, 1.82) is 0 Å². The first-order chi connectivity index (χ1) is 9.29. The summed E-state index contributed by atoms with van der Waals surface area (Å²) in [6.07, 6.45) is 3.35. The SMILES string of the molecule is CCCCc1cc(N)ccc1OCc1ccccc1. The van der Waals surface area contributed by atoms with Crippen molar-refractivity contribution in [3.8, 4) is 5.75 Å². The van der Waals surface area contributed by atoms with Gasteiger partial charge in [0.05, 0.1) is 0 Å². The topological polar surface area (TPSA) is 35.2 Å². The molecule has 0 saturated carbocycles. The summed E-state index contributed by atoms with van der Waals surface area (Å²) in [7, 11) is 0. The van der Waals surface area contributed by atoms with Crippen LogP contribution in [0.15, 0.2) is 48.5 Å². The Balaban J connectivity index is 2.06. The Hall–Kier alpha value is -1.96. The van der Waals surface area contributed by atoms with Crippen molar-refractivity contribution in [3.63, 3.8) is 0 Å². The zero-order valence-electron chi connectivity index (χ0n) is 11.4. The summed E-state index contributed by atoms with van der Waals surface area (Å²) < 4.78 is 5.92. The van der Waals surface area contributed by atoms with Gasteiger partial charge in [0.2, 0.25) is 0 Å². The lowest BCUT2D eigenvalue weighted by molar-refractivity contribution is 0.302. The first-order valence-corrected chi connectivity index (χ1v) is 6.84. The summed E-state index contributed by atoms with van der Waals surface area (Å²) in [5, 5.41) is 0. The van der Waals surface area contributed by atoms with Gasteiger partial charge < -0.3 is 10.5 Å². The minimum Gasteiger partial charge on any atom is -0.489 e. The molecule has 2 nitrogen and oxygen atoms in total. The maximum Gasteiger partial charge on any atom is 0.123 e. The van der Waals surface area contributed by atoms with Gasteiger partial charge >= 0.3 is 0 Å². The van der Waals surface area contributed by atoms with Gasteiger partial charge in [-0.1, -0.05) is 43.7 Å². The quantitative estimate of drug-likeness (QED) is 0.785. The molecule has 0 fully saturated rings. The summed E-state index contributed by atoms with van der Waals surface area (Å²) in [6.45, 7) is 2.79. The van der Waals surface area contributed by atoms with E-state index in [4.69, 9.17) is 10.5 Å². The van der Waals surface area contributed by atoms with Crippen molar-refractivity contribution in [2.24, 2.45) is 0 Å². The summed E-state index contributed by atoms with van der Waals surface area (Å²) >= 11 is 0. The molecular formula is C17H21NO. The highest BCUT2D eigenvalue weighted by Gasteiger charge is 2.04. The van der Waals surface area contributed by atoms with Gasteiger partial charge in [-0.25, -0.2) is 0 Å². The monoisotopic (exact) mass is 255 g/mol. The molecular weight excluding hydrogens is 234 g/mol. The number of benzene rings is 2. The normalized spacial score (nSPS) is 10.4. The number of hydrogen-bond acceptors (Lipinski definition) is 2. The van der Waals surface area contributed by atoms with Gasteiger partial charge in [0.25, 0.3) is 0 Å². The molecule has 19 heavy (non-hydrogen) atoms. The first-order valence-electron chi connectivity index (χ1n) is 6.84. The molecule has 2 rings (SSSR count). The van der Waals surface area contributed by atoms with Crippen LogP contribution in [-0.2, 0) is 13.0 Å². The molecule has 0 aromatic heterocycles. The fraction of sp³-hybridized carbons (Fsp3) is 0.294. The van der Waals surface area contributed by atoms with E-state index in [1.54, 1.807) is 0 Å². The van der Waals surface area contributed by atoms with Crippen LogP contribution in [-0.4, -0.2) is 0 Å². The first kappa shape index (κ1) is 13.5. The second kappa shape index (κ2) is 6.83. The Kier molecular flexibility index (Phi) is 4.85. The average molecular weight is 255 g/mol. The van der Waals surface area contributed by atoms with Crippen LogP contribution in [0.2, 0.25) is 0 Å². The van der Waals surface area contributed by atoms with E-state index >= 15 is 0 Å². The summed E-state index contributed by atoms with van der Waals surface area (Å²) in [5.74, 6) is 0.950. The number of ether oxygens (including phenoxy) is 1. The molecule has 0 amide bonds. The van der Waals surface area contributed by atoms with Gasteiger partial charge in [0, 0.05) is 5.69 Å². The van der Waals surface area contributed by atoms with E-state index in [1.807, 2.05) is 36.4 Å². The summed E-state index contributed by atoms with van der Waals surface area (Å²) in [5.41, 5.74) is 9.04. The van der Waals surface area contributed by atoms with Gasteiger partial charge in [-0.15, -0.1) is 0 Å². The third-order valence-electron chi connectivity index (χ3n) is 3.12. The average Bonchev–Trinajstić information content (AvgIpc) is 2.45. The number of nitrogens with two attached hydrogens (primary N) is 1. The molecule has 0 bridgehead atoms. The number of anilines is 1. The number of nitrogen functional groups attached to an aromatic ring is 1. The lowest BCUT2D eigenvalue weighted by Crippen LogP contribution is -2.00. The lowest BCUT2D eigenvalue weighted by atomic mass is 10.1. The number of hydrogen-bond donors (Lipinski definition) is 1. The van der Waals surface area contributed by atoms with Gasteiger partial charge in [-0.3, -0.25) is 0 Å². The second-order valence-electron chi connectivity index (χ2n) is 4.74. The molecule has 0 radical (unpaired) electrons. The van der Waals surface area contributed by atoms with Crippen molar-refractivity contribution in [2.45, 2.75) is 32.8 Å². The largest absolute Gasteiger partial charge is 0.489 e. The van der Waals surface area contributed by atoms with Crippen molar-refractivity contribution in [1.82, 2.24) is 0 Å². The fourth-order valence-electron chi connectivity index (χ4n) is 2.04. The van der Waals surface area contributed by atoms with E-state index in [-0.39, 0.29) is 0 Å². The Morgan fingerprint density at radius 2 is 1.84 bits per heavy atom. The third-order valence-corrected chi connectivity index (χ3v) is 3.12. The number of rotatable bonds is 6. The van der Waals surface area contributed by atoms with Crippen LogP contribution in [0.1, 0.15) is 30.9 Å². The predicted octanol–water partition coefficient (Wildman–Crippen LogP) is 4.19. The molecule has 0 spiro atoms. The molecule has 0 saturated heterocycles. The predicted molar refractivity (Wildman–Crippen MR) is 80.2 cm³/mol. The molecule has 2 N–H and O–H groups in total. The van der Waals surface area contributed by atoms with Gasteiger partial charge in [0.1, 0.15) is 12.4 Å².